The van der Waals surface area contributed by atoms with Crippen LogP contribution in [0.15, 0.2) is 104 Å². The molecule has 0 aromatic heterocycles. The lowest BCUT2D eigenvalue weighted by Crippen LogP contribution is -2.58. The number of benzene rings is 3. The molecule has 0 radical (unpaired) electrons. The van der Waals surface area contributed by atoms with Crippen LogP contribution in [-0.4, -0.2) is 77.2 Å². The molecule has 3 heterocycles. The van der Waals surface area contributed by atoms with Gasteiger partial charge in [-0.3, -0.25) is 14.4 Å². The van der Waals surface area contributed by atoms with E-state index in [4.69, 9.17) is 9.47 Å². The number of methoxy groups -OCH3 is 1. The van der Waals surface area contributed by atoms with Crippen molar-refractivity contribution in [2.75, 3.05) is 43.2 Å². The van der Waals surface area contributed by atoms with Crippen molar-refractivity contribution < 1.29 is 29.0 Å². The predicted molar refractivity (Wildman–Crippen MR) is 197 cm³/mol. The van der Waals surface area contributed by atoms with Gasteiger partial charge in [0.15, 0.2) is 0 Å². The van der Waals surface area contributed by atoms with Crippen molar-refractivity contribution in [3.05, 3.63) is 110 Å². The minimum Gasteiger partial charge on any atom is -0.497 e. The first-order valence-electron chi connectivity index (χ1n) is 17.1. The van der Waals surface area contributed by atoms with Crippen LogP contribution in [0.4, 0.5) is 11.4 Å². The third-order valence-corrected chi connectivity index (χ3v) is 12.5. The SMILES string of the molecule is C=CCN(C(=O)C1N([C@H](CO)c2ccccc2)C(=O)[C@@H]2[C@H](C(=O)N(CC=C)c3ccc(OCC)cc3)[C@@H]3CC(C)C12S3)c1ccc(OC)cc1. The number of thioether (sulfide) groups is 1. The zero-order chi connectivity index (χ0) is 35.6. The van der Waals surface area contributed by atoms with Crippen molar-refractivity contribution in [3.8, 4) is 11.5 Å². The van der Waals surface area contributed by atoms with Gasteiger partial charge in [0.05, 0.1) is 42.9 Å². The van der Waals surface area contributed by atoms with Gasteiger partial charge in [-0.2, -0.15) is 0 Å². The van der Waals surface area contributed by atoms with E-state index in [1.165, 1.54) is 0 Å². The maximum Gasteiger partial charge on any atom is 0.251 e. The van der Waals surface area contributed by atoms with E-state index in [-0.39, 0.29) is 48.6 Å². The van der Waals surface area contributed by atoms with Crippen molar-refractivity contribution in [1.29, 1.82) is 0 Å². The van der Waals surface area contributed by atoms with E-state index in [0.29, 0.717) is 35.9 Å². The number of ether oxygens (including phenoxy) is 2. The summed E-state index contributed by atoms with van der Waals surface area (Å²) < 4.78 is 10.1. The standard InChI is InChI=1S/C40H45N3O6S/c1-6-22-41(28-16-20-31(21-17-28)49-8-3)37(45)34-33-24-26(4)40(50-33)35(34)38(46)43(32(25-44)27-12-10-9-11-13-27)36(40)39(47)42(23-7-2)29-14-18-30(48-5)19-15-29/h6-7,9-21,26,32-36,44H,1-2,8,22-25H2,3-5H3/t26?,32-,33+,34-,35+,36?,40?/m1/s1. The number of nitrogens with zero attached hydrogens (tertiary/aromatic N) is 3. The second-order valence-corrected chi connectivity index (χ2v) is 14.6. The van der Waals surface area contributed by atoms with Crippen molar-refractivity contribution in [2.45, 2.75) is 42.3 Å². The van der Waals surface area contributed by atoms with Crippen LogP contribution < -0.4 is 19.3 Å². The Morgan fingerprint density at radius 1 is 0.960 bits per heavy atom. The highest BCUT2D eigenvalue weighted by atomic mass is 32.2. The summed E-state index contributed by atoms with van der Waals surface area (Å²) in [5.41, 5.74) is 2.03. The number of amides is 3. The fourth-order valence-corrected chi connectivity index (χ4v) is 10.7. The molecular formula is C40H45N3O6S. The summed E-state index contributed by atoms with van der Waals surface area (Å²) in [6.45, 7) is 12.5. The van der Waals surface area contributed by atoms with Gasteiger partial charge >= 0.3 is 0 Å². The van der Waals surface area contributed by atoms with Gasteiger partial charge in [0.1, 0.15) is 17.5 Å². The lowest BCUT2D eigenvalue weighted by molar-refractivity contribution is -0.142. The first kappa shape index (κ1) is 35.3. The van der Waals surface area contributed by atoms with Gasteiger partial charge in [0.2, 0.25) is 11.8 Å². The normalized spacial score (nSPS) is 25.5. The molecule has 3 aliphatic heterocycles. The Balaban J connectivity index is 1.47. The number of carbonyl (C=O) groups is 3. The molecule has 3 fully saturated rings. The molecule has 1 N–H and O–H groups in total. The second kappa shape index (κ2) is 14.7. The number of hydrogen-bond donors (Lipinski definition) is 1. The Morgan fingerprint density at radius 3 is 2.08 bits per heavy atom. The molecule has 262 valence electrons. The number of aliphatic hydroxyl groups is 1. The Morgan fingerprint density at radius 2 is 1.54 bits per heavy atom. The molecule has 3 aliphatic rings. The van der Waals surface area contributed by atoms with E-state index in [9.17, 15) is 9.90 Å². The monoisotopic (exact) mass is 695 g/mol. The quantitative estimate of drug-likeness (QED) is 0.210. The number of rotatable bonds is 14. The molecule has 3 aromatic rings. The average Bonchev–Trinajstić information content (AvgIpc) is 3.74. The van der Waals surface area contributed by atoms with Crippen LogP contribution in [0, 0.1) is 17.8 Å². The molecule has 6 rings (SSSR count). The third-order valence-electron chi connectivity index (χ3n) is 10.4. The van der Waals surface area contributed by atoms with Gasteiger partial charge in [0.25, 0.3) is 5.91 Å². The summed E-state index contributed by atoms with van der Waals surface area (Å²) in [5.74, 6) is -0.916. The molecule has 3 saturated heterocycles. The Labute approximate surface area is 298 Å². The maximum atomic E-state index is 15.2. The number of fused-ring (bicyclic) bond motifs is 1. The smallest absolute Gasteiger partial charge is 0.251 e. The Bertz CT molecular complexity index is 1720. The molecule has 2 bridgehead atoms. The predicted octanol–water partition coefficient (Wildman–Crippen LogP) is 5.90. The Hall–Kier alpha value is -4.54. The number of likely N-dealkylation sites (tertiary alicyclic amines) is 1. The molecule has 9 nitrogen and oxygen atoms in total. The highest BCUT2D eigenvalue weighted by molar-refractivity contribution is 8.02. The molecule has 1 spiro atoms. The van der Waals surface area contributed by atoms with Crippen LogP contribution in [-0.2, 0) is 14.4 Å². The number of aliphatic hydroxyl groups excluding tert-OH is 1. The molecule has 7 atom stereocenters. The Kier molecular flexibility index (Phi) is 10.4. The summed E-state index contributed by atoms with van der Waals surface area (Å²) in [5, 5.41) is 10.8. The van der Waals surface area contributed by atoms with Crippen LogP contribution in [0.5, 0.6) is 11.5 Å². The van der Waals surface area contributed by atoms with E-state index >= 15 is 9.59 Å². The summed E-state index contributed by atoms with van der Waals surface area (Å²) in [7, 11) is 1.58. The molecule has 0 saturated carbocycles. The van der Waals surface area contributed by atoms with Crippen LogP contribution in [0.25, 0.3) is 0 Å². The highest BCUT2D eigenvalue weighted by Crippen LogP contribution is 2.69. The first-order chi connectivity index (χ1) is 24.2. The third kappa shape index (κ3) is 5.88. The number of hydrogen-bond acceptors (Lipinski definition) is 7. The van der Waals surface area contributed by atoms with Crippen LogP contribution in [0.1, 0.15) is 31.9 Å². The molecule has 3 amide bonds. The molecule has 50 heavy (non-hydrogen) atoms. The number of carbonyl (C=O) groups excluding carboxylic acids is 3. The molecular weight excluding hydrogens is 651 g/mol. The zero-order valence-corrected chi connectivity index (χ0v) is 29.6. The second-order valence-electron chi connectivity index (χ2n) is 13.0. The summed E-state index contributed by atoms with van der Waals surface area (Å²) in [4.78, 5) is 50.1. The topological polar surface area (TPSA) is 99.6 Å². The fraction of sp³-hybridized carbons (Fsp3) is 0.375. The maximum absolute atomic E-state index is 15.2. The van der Waals surface area contributed by atoms with Crippen molar-refractivity contribution in [3.63, 3.8) is 0 Å². The van der Waals surface area contributed by atoms with Gasteiger partial charge in [-0.05, 0) is 73.4 Å². The van der Waals surface area contributed by atoms with Gasteiger partial charge < -0.3 is 29.3 Å². The highest BCUT2D eigenvalue weighted by Gasteiger charge is 2.77. The van der Waals surface area contributed by atoms with E-state index in [1.807, 2.05) is 73.7 Å². The van der Waals surface area contributed by atoms with Crippen LogP contribution in [0.3, 0.4) is 0 Å². The largest absolute Gasteiger partial charge is 0.497 e. The minimum atomic E-state index is -0.958. The molecule has 3 aromatic carbocycles. The van der Waals surface area contributed by atoms with E-state index in [0.717, 1.165) is 5.56 Å². The van der Waals surface area contributed by atoms with Crippen LogP contribution >= 0.6 is 11.8 Å². The molecule has 0 aliphatic carbocycles. The van der Waals surface area contributed by atoms with Crippen molar-refractivity contribution in [2.24, 2.45) is 17.8 Å². The van der Waals surface area contributed by atoms with E-state index in [2.05, 4.69) is 20.1 Å². The van der Waals surface area contributed by atoms with Gasteiger partial charge in [-0.25, -0.2) is 0 Å². The lowest BCUT2D eigenvalue weighted by Gasteiger charge is -2.42. The molecule has 10 heteroatoms. The average molecular weight is 696 g/mol. The van der Waals surface area contributed by atoms with E-state index < -0.39 is 28.7 Å². The van der Waals surface area contributed by atoms with Gasteiger partial charge in [-0.15, -0.1) is 24.9 Å². The van der Waals surface area contributed by atoms with Crippen molar-refractivity contribution >= 4 is 40.9 Å². The van der Waals surface area contributed by atoms with Gasteiger partial charge in [-0.1, -0.05) is 49.4 Å². The van der Waals surface area contributed by atoms with Gasteiger partial charge in [0, 0.05) is 29.7 Å². The lowest BCUT2D eigenvalue weighted by atomic mass is 9.65. The summed E-state index contributed by atoms with van der Waals surface area (Å²) in [6, 6.07) is 22.1. The first-order valence-corrected chi connectivity index (χ1v) is 18.0. The minimum absolute atomic E-state index is 0.0654. The van der Waals surface area contributed by atoms with E-state index in [1.54, 1.807) is 57.9 Å². The fourth-order valence-electron chi connectivity index (χ4n) is 8.27. The van der Waals surface area contributed by atoms with Crippen LogP contribution in [0.2, 0.25) is 0 Å². The van der Waals surface area contributed by atoms with Crippen molar-refractivity contribution in [1.82, 2.24) is 4.90 Å². The summed E-state index contributed by atoms with van der Waals surface area (Å²) in [6.07, 6.45) is 4.02. The number of anilines is 2. The zero-order valence-electron chi connectivity index (χ0n) is 28.8. The molecule has 3 unspecified atom stereocenters. The summed E-state index contributed by atoms with van der Waals surface area (Å²) >= 11 is 1.61.